The van der Waals surface area contributed by atoms with Crippen LogP contribution in [-0.2, 0) is 4.79 Å². The van der Waals surface area contributed by atoms with E-state index in [0.29, 0.717) is 28.9 Å². The van der Waals surface area contributed by atoms with Crippen LogP contribution in [0.3, 0.4) is 0 Å². The van der Waals surface area contributed by atoms with Gasteiger partial charge in [-0.2, -0.15) is 0 Å². The first kappa shape index (κ1) is 22.1. The van der Waals surface area contributed by atoms with Crippen LogP contribution in [0.2, 0.25) is 0 Å². The molecule has 2 aromatic rings. The zero-order valence-electron chi connectivity index (χ0n) is 16.7. The quantitative estimate of drug-likeness (QED) is 0.528. The zero-order valence-corrected chi connectivity index (χ0v) is 18.3. The first-order valence-electron chi connectivity index (χ1n) is 10.1. The zero-order chi connectivity index (χ0) is 21.3. The summed E-state index contributed by atoms with van der Waals surface area (Å²) in [4.78, 5) is 30.0. The van der Waals surface area contributed by atoms with E-state index >= 15 is 0 Å². The van der Waals surface area contributed by atoms with Crippen molar-refractivity contribution in [3.05, 3.63) is 52.8 Å². The van der Waals surface area contributed by atoms with E-state index in [0.717, 1.165) is 37.8 Å². The number of nitrogens with zero attached hydrogens (tertiary/aromatic N) is 2. The number of benzene rings is 1. The lowest BCUT2D eigenvalue weighted by Crippen LogP contribution is -2.44. The van der Waals surface area contributed by atoms with Crippen LogP contribution >= 0.6 is 15.9 Å². The maximum absolute atomic E-state index is 13.2. The van der Waals surface area contributed by atoms with Crippen LogP contribution < -0.4 is 10.1 Å². The summed E-state index contributed by atoms with van der Waals surface area (Å²) in [6.07, 6.45) is 8.29. The van der Waals surface area contributed by atoms with Crippen LogP contribution in [0.1, 0.15) is 42.5 Å². The second-order valence-corrected chi connectivity index (χ2v) is 8.22. The van der Waals surface area contributed by atoms with Crippen LogP contribution in [0.5, 0.6) is 5.75 Å². The molecule has 8 heteroatoms. The van der Waals surface area contributed by atoms with Gasteiger partial charge in [0.05, 0.1) is 0 Å². The van der Waals surface area contributed by atoms with Crippen LogP contribution in [0.4, 0.5) is 5.69 Å². The fourth-order valence-electron chi connectivity index (χ4n) is 3.67. The molecule has 0 atom stereocenters. The van der Waals surface area contributed by atoms with Gasteiger partial charge >= 0.3 is 5.97 Å². The van der Waals surface area contributed by atoms with Gasteiger partial charge in [-0.1, -0.05) is 35.2 Å². The first-order valence-corrected chi connectivity index (χ1v) is 10.9. The van der Waals surface area contributed by atoms with Crippen molar-refractivity contribution < 1.29 is 19.4 Å². The Bertz CT molecular complexity index is 857. The summed E-state index contributed by atoms with van der Waals surface area (Å²) in [7, 11) is 0. The van der Waals surface area contributed by atoms with E-state index in [1.807, 2.05) is 12.1 Å². The molecule has 1 aliphatic rings. The predicted molar refractivity (Wildman–Crippen MR) is 118 cm³/mol. The minimum Gasteiger partial charge on any atom is -0.492 e. The Morgan fingerprint density at radius 3 is 2.60 bits per heavy atom. The molecule has 0 bridgehead atoms. The second-order valence-electron chi connectivity index (χ2n) is 7.31. The number of amides is 1. The molecule has 0 saturated heterocycles. The molecule has 30 heavy (non-hydrogen) atoms. The molecule has 0 aliphatic heterocycles. The summed E-state index contributed by atoms with van der Waals surface area (Å²) < 4.78 is 6.52. The number of aliphatic carboxylic acids is 1. The Balaban J connectivity index is 1.65. The number of carboxylic acid groups (broad SMARTS) is 1. The fourth-order valence-corrected chi connectivity index (χ4v) is 4.15. The Labute approximate surface area is 184 Å². The molecule has 1 fully saturated rings. The summed E-state index contributed by atoms with van der Waals surface area (Å²) in [5.41, 5.74) is 1.38. The predicted octanol–water partition coefficient (Wildman–Crippen LogP) is 4.19. The van der Waals surface area contributed by atoms with E-state index < -0.39 is 5.97 Å². The molecule has 1 saturated carbocycles. The average Bonchev–Trinajstić information content (AvgIpc) is 2.75. The highest BCUT2D eigenvalue weighted by Crippen LogP contribution is 2.27. The van der Waals surface area contributed by atoms with Crippen molar-refractivity contribution in [1.82, 2.24) is 9.88 Å². The van der Waals surface area contributed by atoms with Crippen molar-refractivity contribution in [2.75, 3.05) is 25.0 Å². The second kappa shape index (κ2) is 11.0. The minimum absolute atomic E-state index is 0.0322. The number of carboxylic acids is 1. The molecule has 1 amide bonds. The lowest BCUT2D eigenvalue weighted by Gasteiger charge is -2.33. The van der Waals surface area contributed by atoms with Gasteiger partial charge in [0.1, 0.15) is 18.9 Å². The van der Waals surface area contributed by atoms with Gasteiger partial charge in [0.15, 0.2) is 0 Å². The number of rotatable bonds is 9. The van der Waals surface area contributed by atoms with Crippen molar-refractivity contribution in [1.29, 1.82) is 0 Å². The Morgan fingerprint density at radius 2 is 1.90 bits per heavy atom. The van der Waals surface area contributed by atoms with Crippen molar-refractivity contribution in [3.8, 4) is 5.75 Å². The molecule has 1 aromatic carbocycles. The third-order valence-electron chi connectivity index (χ3n) is 5.08. The molecule has 7 nitrogen and oxygen atoms in total. The molecule has 0 spiro atoms. The van der Waals surface area contributed by atoms with Crippen molar-refractivity contribution in [2.24, 2.45) is 0 Å². The van der Waals surface area contributed by atoms with E-state index in [2.05, 4.69) is 26.2 Å². The van der Waals surface area contributed by atoms with E-state index in [-0.39, 0.29) is 18.5 Å². The van der Waals surface area contributed by atoms with Gasteiger partial charge < -0.3 is 20.1 Å². The number of aromatic nitrogens is 1. The number of halogens is 1. The maximum Gasteiger partial charge on any atom is 0.323 e. The van der Waals surface area contributed by atoms with Crippen LogP contribution in [0, 0.1) is 0 Å². The molecule has 0 unspecified atom stereocenters. The average molecular weight is 476 g/mol. The third kappa shape index (κ3) is 6.45. The highest BCUT2D eigenvalue weighted by atomic mass is 79.9. The fraction of sp³-hybridized carbons (Fsp3) is 0.409. The van der Waals surface area contributed by atoms with E-state index in [1.54, 1.807) is 30.6 Å². The molecule has 1 heterocycles. The number of anilines is 1. The molecular formula is C22H26BrN3O4. The van der Waals surface area contributed by atoms with Gasteiger partial charge in [0.2, 0.25) is 0 Å². The van der Waals surface area contributed by atoms with Crippen molar-refractivity contribution in [3.63, 3.8) is 0 Å². The number of hydrogen-bond donors (Lipinski definition) is 2. The molecule has 2 N–H and O–H groups in total. The van der Waals surface area contributed by atoms with Gasteiger partial charge in [0.25, 0.3) is 5.91 Å². The summed E-state index contributed by atoms with van der Waals surface area (Å²) in [6, 6.07) is 8.90. The molecule has 1 aliphatic carbocycles. The van der Waals surface area contributed by atoms with E-state index in [1.165, 1.54) is 4.90 Å². The smallest absolute Gasteiger partial charge is 0.323 e. The van der Waals surface area contributed by atoms with Gasteiger partial charge in [-0.05, 0) is 43.2 Å². The monoisotopic (exact) mass is 475 g/mol. The highest BCUT2D eigenvalue weighted by molar-refractivity contribution is 9.10. The largest absolute Gasteiger partial charge is 0.492 e. The van der Waals surface area contributed by atoms with Crippen molar-refractivity contribution in [2.45, 2.75) is 38.1 Å². The van der Waals surface area contributed by atoms with Gasteiger partial charge in [-0.25, -0.2) is 0 Å². The SMILES string of the molecule is O=C(O)CN(C(=O)c1cc(Br)cc(OCCNc2ccncc2)c1)C1CCCCC1. The lowest BCUT2D eigenvalue weighted by molar-refractivity contribution is -0.138. The molecule has 160 valence electrons. The van der Waals surface area contributed by atoms with Crippen molar-refractivity contribution >= 4 is 33.5 Å². The summed E-state index contributed by atoms with van der Waals surface area (Å²) in [5, 5.41) is 12.6. The van der Waals surface area contributed by atoms with Crippen LogP contribution in [0.25, 0.3) is 0 Å². The number of nitrogens with one attached hydrogen (secondary N) is 1. The van der Waals surface area contributed by atoms with Crippen LogP contribution in [-0.4, -0.2) is 52.6 Å². The van der Waals surface area contributed by atoms with Gasteiger partial charge in [-0.15, -0.1) is 0 Å². The Kier molecular flexibility index (Phi) is 8.07. The normalized spacial score (nSPS) is 14.2. The van der Waals surface area contributed by atoms with E-state index in [4.69, 9.17) is 4.74 Å². The van der Waals surface area contributed by atoms with Crippen LogP contribution in [0.15, 0.2) is 47.2 Å². The molecular weight excluding hydrogens is 450 g/mol. The van der Waals surface area contributed by atoms with Gasteiger partial charge in [0, 0.05) is 40.7 Å². The third-order valence-corrected chi connectivity index (χ3v) is 5.54. The first-order chi connectivity index (χ1) is 14.5. The number of ether oxygens (including phenoxy) is 1. The van der Waals surface area contributed by atoms with Gasteiger partial charge in [-0.3, -0.25) is 14.6 Å². The number of pyridine rings is 1. The van der Waals surface area contributed by atoms with E-state index in [9.17, 15) is 14.7 Å². The Hall–Kier alpha value is -2.61. The Morgan fingerprint density at radius 1 is 1.17 bits per heavy atom. The maximum atomic E-state index is 13.2. The molecule has 0 radical (unpaired) electrons. The highest BCUT2D eigenvalue weighted by Gasteiger charge is 2.28. The summed E-state index contributed by atoms with van der Waals surface area (Å²) in [5.74, 6) is -0.712. The molecule has 1 aromatic heterocycles. The summed E-state index contributed by atoms with van der Waals surface area (Å²) >= 11 is 3.43. The minimum atomic E-state index is -0.998. The standard InChI is InChI=1S/C22H26BrN3O4/c23-17-12-16(22(29)26(15-21(27)28)19-4-2-1-3-5-19)13-20(14-17)30-11-10-25-18-6-8-24-9-7-18/h6-9,12-14,19H,1-5,10-11,15H2,(H,24,25)(H,27,28). The topological polar surface area (TPSA) is 91.8 Å². The number of hydrogen-bond acceptors (Lipinski definition) is 5. The summed E-state index contributed by atoms with van der Waals surface area (Å²) in [6.45, 7) is 0.711. The molecule has 3 rings (SSSR count). The number of carbonyl (C=O) groups is 2. The lowest BCUT2D eigenvalue weighted by atomic mass is 9.93. The number of carbonyl (C=O) groups excluding carboxylic acids is 1.